The molecule has 1 aromatic rings. The average molecular weight is 265 g/mol. The van der Waals surface area contributed by atoms with Crippen LogP contribution in [-0.4, -0.2) is 15.6 Å². The SMILES string of the molecule is CC(C)Cn1c(C(C)C)ccc(CCC(=O)O)c1=O. The second-order valence-corrected chi connectivity index (χ2v) is 5.64. The Kier molecular flexibility index (Phi) is 5.33. The first-order valence-corrected chi connectivity index (χ1v) is 6.77. The Morgan fingerprint density at radius 1 is 1.26 bits per heavy atom. The van der Waals surface area contributed by atoms with E-state index >= 15 is 0 Å². The predicted molar refractivity (Wildman–Crippen MR) is 75.6 cm³/mol. The Labute approximate surface area is 114 Å². The maximum absolute atomic E-state index is 12.4. The van der Waals surface area contributed by atoms with Gasteiger partial charge in [-0.1, -0.05) is 33.8 Å². The molecular formula is C15H23NO3. The van der Waals surface area contributed by atoms with Crippen LogP contribution in [0.15, 0.2) is 16.9 Å². The van der Waals surface area contributed by atoms with Gasteiger partial charge in [0.25, 0.3) is 5.56 Å². The molecular weight excluding hydrogens is 242 g/mol. The highest BCUT2D eigenvalue weighted by molar-refractivity contribution is 5.67. The summed E-state index contributed by atoms with van der Waals surface area (Å²) in [5.41, 5.74) is 1.56. The molecule has 0 atom stereocenters. The van der Waals surface area contributed by atoms with Gasteiger partial charge in [0.15, 0.2) is 0 Å². The number of hydrogen-bond acceptors (Lipinski definition) is 2. The molecule has 0 amide bonds. The molecule has 0 radical (unpaired) electrons. The molecule has 0 fully saturated rings. The van der Waals surface area contributed by atoms with Crippen molar-refractivity contribution in [3.8, 4) is 0 Å². The molecule has 1 N–H and O–H groups in total. The van der Waals surface area contributed by atoms with Crippen LogP contribution in [-0.2, 0) is 17.8 Å². The molecule has 0 aliphatic carbocycles. The van der Waals surface area contributed by atoms with Crippen molar-refractivity contribution < 1.29 is 9.90 Å². The van der Waals surface area contributed by atoms with E-state index in [9.17, 15) is 9.59 Å². The molecule has 106 valence electrons. The maximum Gasteiger partial charge on any atom is 0.303 e. The van der Waals surface area contributed by atoms with Crippen LogP contribution < -0.4 is 5.56 Å². The van der Waals surface area contributed by atoms with Gasteiger partial charge in [-0.2, -0.15) is 0 Å². The summed E-state index contributed by atoms with van der Waals surface area (Å²) in [5, 5.41) is 8.71. The molecule has 0 saturated heterocycles. The van der Waals surface area contributed by atoms with Crippen LogP contribution >= 0.6 is 0 Å². The van der Waals surface area contributed by atoms with Gasteiger partial charge in [-0.3, -0.25) is 9.59 Å². The average Bonchev–Trinajstić information content (AvgIpc) is 2.29. The first kappa shape index (κ1) is 15.5. The number of pyridine rings is 1. The number of hydrogen-bond donors (Lipinski definition) is 1. The van der Waals surface area contributed by atoms with Gasteiger partial charge in [-0.15, -0.1) is 0 Å². The molecule has 1 heterocycles. The Bertz CT molecular complexity index is 501. The van der Waals surface area contributed by atoms with Gasteiger partial charge in [0, 0.05) is 24.2 Å². The van der Waals surface area contributed by atoms with Crippen molar-refractivity contribution >= 4 is 5.97 Å². The molecule has 0 spiro atoms. The van der Waals surface area contributed by atoms with E-state index in [2.05, 4.69) is 27.7 Å². The first-order chi connectivity index (χ1) is 8.82. The molecule has 0 aliphatic rings. The van der Waals surface area contributed by atoms with E-state index in [1.54, 1.807) is 10.6 Å². The summed E-state index contributed by atoms with van der Waals surface area (Å²) < 4.78 is 1.80. The van der Waals surface area contributed by atoms with Gasteiger partial charge in [-0.05, 0) is 24.3 Å². The fourth-order valence-corrected chi connectivity index (χ4v) is 2.13. The third-order valence-electron chi connectivity index (χ3n) is 3.03. The number of rotatable bonds is 6. The third-order valence-corrected chi connectivity index (χ3v) is 3.03. The number of aromatic nitrogens is 1. The van der Waals surface area contributed by atoms with E-state index < -0.39 is 5.97 Å². The third kappa shape index (κ3) is 4.23. The summed E-state index contributed by atoms with van der Waals surface area (Å²) in [6.07, 6.45) is 0.294. The lowest BCUT2D eigenvalue weighted by Crippen LogP contribution is -2.29. The number of nitrogens with zero attached hydrogens (tertiary/aromatic N) is 1. The van der Waals surface area contributed by atoms with Crippen LogP contribution in [0, 0.1) is 5.92 Å². The minimum Gasteiger partial charge on any atom is -0.481 e. The predicted octanol–water partition coefficient (Wildman–Crippen LogP) is 2.64. The highest BCUT2D eigenvalue weighted by Gasteiger charge is 2.13. The van der Waals surface area contributed by atoms with E-state index in [0.29, 0.717) is 24.4 Å². The van der Waals surface area contributed by atoms with Gasteiger partial charge in [-0.25, -0.2) is 0 Å². The van der Waals surface area contributed by atoms with Crippen LogP contribution in [0.4, 0.5) is 0 Å². The van der Waals surface area contributed by atoms with Gasteiger partial charge in [0.2, 0.25) is 0 Å². The summed E-state index contributed by atoms with van der Waals surface area (Å²) in [6.45, 7) is 8.93. The Morgan fingerprint density at radius 3 is 2.37 bits per heavy atom. The van der Waals surface area contributed by atoms with Gasteiger partial charge >= 0.3 is 5.97 Å². The van der Waals surface area contributed by atoms with Crippen molar-refractivity contribution in [1.82, 2.24) is 4.57 Å². The van der Waals surface area contributed by atoms with Crippen LogP contribution in [0.5, 0.6) is 0 Å². The second kappa shape index (κ2) is 6.55. The zero-order valence-corrected chi connectivity index (χ0v) is 12.1. The lowest BCUT2D eigenvalue weighted by molar-refractivity contribution is -0.136. The van der Waals surface area contributed by atoms with Crippen molar-refractivity contribution in [1.29, 1.82) is 0 Å². The van der Waals surface area contributed by atoms with E-state index in [4.69, 9.17) is 5.11 Å². The van der Waals surface area contributed by atoms with E-state index in [-0.39, 0.29) is 17.9 Å². The summed E-state index contributed by atoms with van der Waals surface area (Å²) in [5.74, 6) is -0.215. The summed E-state index contributed by atoms with van der Waals surface area (Å²) in [6, 6.07) is 3.73. The van der Waals surface area contributed by atoms with E-state index in [0.717, 1.165) is 5.69 Å². The van der Waals surface area contributed by atoms with Crippen LogP contribution in [0.2, 0.25) is 0 Å². The summed E-state index contributed by atoms with van der Waals surface area (Å²) in [4.78, 5) is 23.0. The number of aliphatic carboxylic acids is 1. The molecule has 1 aromatic heterocycles. The molecule has 0 aromatic carbocycles. The Balaban J connectivity index is 3.17. The smallest absolute Gasteiger partial charge is 0.303 e. The Hall–Kier alpha value is -1.58. The highest BCUT2D eigenvalue weighted by atomic mass is 16.4. The zero-order chi connectivity index (χ0) is 14.6. The van der Waals surface area contributed by atoms with Crippen molar-refractivity contribution in [3.63, 3.8) is 0 Å². The van der Waals surface area contributed by atoms with Crippen LogP contribution in [0.25, 0.3) is 0 Å². The quantitative estimate of drug-likeness (QED) is 0.860. The van der Waals surface area contributed by atoms with Gasteiger partial charge in [0.05, 0.1) is 0 Å². The van der Waals surface area contributed by atoms with E-state index in [1.807, 2.05) is 6.07 Å². The topological polar surface area (TPSA) is 59.3 Å². The van der Waals surface area contributed by atoms with Crippen LogP contribution in [0.3, 0.4) is 0 Å². The molecule has 0 saturated carbocycles. The number of carboxylic acid groups (broad SMARTS) is 1. The largest absolute Gasteiger partial charge is 0.481 e. The molecule has 4 heteroatoms. The number of carbonyl (C=O) groups is 1. The fraction of sp³-hybridized carbons (Fsp3) is 0.600. The molecule has 1 rings (SSSR count). The minimum atomic E-state index is -0.872. The zero-order valence-electron chi connectivity index (χ0n) is 12.1. The first-order valence-electron chi connectivity index (χ1n) is 6.77. The Morgan fingerprint density at radius 2 is 1.89 bits per heavy atom. The lowest BCUT2D eigenvalue weighted by Gasteiger charge is -2.18. The van der Waals surface area contributed by atoms with Gasteiger partial charge in [0.1, 0.15) is 0 Å². The van der Waals surface area contributed by atoms with Crippen molar-refractivity contribution in [2.45, 2.75) is 53.0 Å². The maximum atomic E-state index is 12.4. The monoisotopic (exact) mass is 265 g/mol. The van der Waals surface area contributed by atoms with Crippen molar-refractivity contribution in [2.24, 2.45) is 5.92 Å². The standard InChI is InChI=1S/C15H23NO3/c1-10(2)9-16-13(11(3)4)7-5-12(15(16)19)6-8-14(17)18/h5,7,10-11H,6,8-9H2,1-4H3,(H,17,18). The summed E-state index contributed by atoms with van der Waals surface area (Å²) in [7, 11) is 0. The minimum absolute atomic E-state index is 0.00204. The molecule has 4 nitrogen and oxygen atoms in total. The number of aryl methyl sites for hydroxylation is 1. The molecule has 0 bridgehead atoms. The van der Waals surface area contributed by atoms with Crippen LogP contribution in [0.1, 0.15) is 51.3 Å². The molecule has 19 heavy (non-hydrogen) atoms. The fourth-order valence-electron chi connectivity index (χ4n) is 2.13. The summed E-state index contributed by atoms with van der Waals surface area (Å²) >= 11 is 0. The molecule has 0 unspecified atom stereocenters. The normalized spacial score (nSPS) is 11.3. The highest BCUT2D eigenvalue weighted by Crippen LogP contribution is 2.15. The number of carboxylic acids is 1. The van der Waals surface area contributed by atoms with E-state index in [1.165, 1.54) is 0 Å². The second-order valence-electron chi connectivity index (χ2n) is 5.64. The molecule has 0 aliphatic heterocycles. The lowest BCUT2D eigenvalue weighted by atomic mass is 10.0. The van der Waals surface area contributed by atoms with Crippen molar-refractivity contribution in [3.05, 3.63) is 33.7 Å². The van der Waals surface area contributed by atoms with Gasteiger partial charge < -0.3 is 9.67 Å². The van der Waals surface area contributed by atoms with Crippen molar-refractivity contribution in [2.75, 3.05) is 0 Å².